The molecule has 1 heterocycles. The lowest BCUT2D eigenvalue weighted by Crippen LogP contribution is -2.57. The minimum Gasteiger partial charge on any atom is -0.399 e. The van der Waals surface area contributed by atoms with Gasteiger partial charge in [0.05, 0.1) is 10.1 Å². The molecule has 5 heteroatoms. The smallest absolute Gasteiger partial charge is 0.185 e. The molecule has 6 atom stereocenters. The summed E-state index contributed by atoms with van der Waals surface area (Å²) in [5.74, 6) is 4.91. The normalized spacial score (nSPS) is 47.2. The molecule has 0 amide bonds. The zero-order valence-electron chi connectivity index (χ0n) is 19.6. The lowest BCUT2D eigenvalue weighted by atomic mass is 9.47. The fourth-order valence-corrected chi connectivity index (χ4v) is 12.8. The van der Waals surface area contributed by atoms with Crippen LogP contribution in [0.15, 0.2) is 11.6 Å². The van der Waals surface area contributed by atoms with Crippen molar-refractivity contribution in [3.63, 3.8) is 0 Å². The minimum absolute atomic E-state index is 0.0355. The molecule has 0 aromatic carbocycles. The fourth-order valence-electron chi connectivity index (χ4n) is 8.27. The van der Waals surface area contributed by atoms with Crippen LogP contribution in [-0.4, -0.2) is 29.5 Å². The summed E-state index contributed by atoms with van der Waals surface area (Å²) in [5.41, 5.74) is 1.69. The molecule has 4 aliphatic carbocycles. The number of nitriles is 1. The highest BCUT2D eigenvalue weighted by Gasteiger charge is 2.66. The van der Waals surface area contributed by atoms with E-state index in [0.717, 1.165) is 18.3 Å². The second-order valence-electron chi connectivity index (χ2n) is 12.2. The first-order valence-corrected chi connectivity index (χ1v) is 17.6. The quantitative estimate of drug-likeness (QED) is 0.246. The van der Waals surface area contributed by atoms with E-state index in [4.69, 9.17) is 4.43 Å². The van der Waals surface area contributed by atoms with Crippen LogP contribution in [0, 0.1) is 39.9 Å². The lowest BCUT2D eigenvalue weighted by Gasteiger charge is -2.60. The van der Waals surface area contributed by atoms with Crippen LogP contribution in [0.2, 0.25) is 19.6 Å². The third-order valence-electron chi connectivity index (χ3n) is 9.68. The van der Waals surface area contributed by atoms with E-state index in [0.29, 0.717) is 15.4 Å². The van der Waals surface area contributed by atoms with E-state index in [9.17, 15) is 5.26 Å². The summed E-state index contributed by atoms with van der Waals surface area (Å²) in [6.07, 6.45) is 12.7. The van der Waals surface area contributed by atoms with Gasteiger partial charge < -0.3 is 4.43 Å². The van der Waals surface area contributed by atoms with Crippen molar-refractivity contribution in [2.45, 2.75) is 94.5 Å². The highest BCUT2D eigenvalue weighted by Crippen LogP contribution is 2.69. The summed E-state index contributed by atoms with van der Waals surface area (Å²) < 4.78 is 7.15. The van der Waals surface area contributed by atoms with Crippen molar-refractivity contribution in [3.05, 3.63) is 11.6 Å². The van der Waals surface area contributed by atoms with Crippen LogP contribution in [0.1, 0.15) is 65.2 Å². The molecule has 0 aromatic rings. The first-order valence-electron chi connectivity index (χ1n) is 12.2. The SMILES string of the molecule is C[C@]12CCC3(C=C1CC[C@@H]1[C@@H]2CC[C@@]2(C)[C@H]1CC[C@@]2([13C]#N)O[Si](C)(C)C)SCCS3. The van der Waals surface area contributed by atoms with Crippen LogP contribution in [-0.2, 0) is 4.43 Å². The van der Waals surface area contributed by atoms with Gasteiger partial charge in [0.2, 0.25) is 0 Å². The molecule has 1 aliphatic heterocycles. The average molecular weight is 463 g/mol. The Morgan fingerprint density at radius 2 is 1.70 bits per heavy atom. The number of allylic oxidation sites excluding steroid dienone is 1. The van der Waals surface area contributed by atoms with Gasteiger partial charge in [0.15, 0.2) is 8.32 Å². The zero-order chi connectivity index (χ0) is 21.4. The Balaban J connectivity index is 1.45. The topological polar surface area (TPSA) is 33.0 Å². The van der Waals surface area contributed by atoms with E-state index >= 15 is 0 Å². The van der Waals surface area contributed by atoms with Crippen LogP contribution in [0.4, 0.5) is 0 Å². The number of thioether (sulfide) groups is 2. The molecular formula is C25H39NOS2Si. The fraction of sp³-hybridized carbons (Fsp3) is 0.880. The Morgan fingerprint density at radius 1 is 1.00 bits per heavy atom. The Kier molecular flexibility index (Phi) is 5.15. The van der Waals surface area contributed by atoms with Gasteiger partial charge in [-0.25, -0.2) is 0 Å². The van der Waals surface area contributed by atoms with Gasteiger partial charge in [-0.15, -0.1) is 23.5 Å². The van der Waals surface area contributed by atoms with Gasteiger partial charge in [-0.05, 0) is 94.2 Å². The van der Waals surface area contributed by atoms with Crippen LogP contribution < -0.4 is 0 Å². The van der Waals surface area contributed by atoms with Crippen molar-refractivity contribution in [1.29, 1.82) is 5.26 Å². The molecule has 0 radical (unpaired) electrons. The molecule has 0 aromatic heterocycles. The van der Waals surface area contributed by atoms with Gasteiger partial charge in [0.25, 0.3) is 0 Å². The van der Waals surface area contributed by atoms with Crippen LogP contribution in [0.5, 0.6) is 0 Å². The van der Waals surface area contributed by atoms with Gasteiger partial charge in [0, 0.05) is 16.9 Å². The highest BCUT2D eigenvalue weighted by molar-refractivity contribution is 8.21. The molecule has 3 saturated carbocycles. The third kappa shape index (κ3) is 3.06. The Morgan fingerprint density at radius 3 is 2.37 bits per heavy atom. The summed E-state index contributed by atoms with van der Waals surface area (Å²) in [6.45, 7) is 11.8. The predicted octanol–water partition coefficient (Wildman–Crippen LogP) is 7.24. The average Bonchev–Trinajstić information content (AvgIpc) is 3.24. The van der Waals surface area contributed by atoms with Gasteiger partial charge in [-0.3, -0.25) is 0 Å². The van der Waals surface area contributed by atoms with E-state index in [-0.39, 0.29) is 5.41 Å². The summed E-state index contributed by atoms with van der Waals surface area (Å²) in [5, 5.41) is 10.4. The summed E-state index contributed by atoms with van der Waals surface area (Å²) >= 11 is 4.42. The maximum absolute atomic E-state index is 10.4. The molecule has 2 nitrogen and oxygen atoms in total. The zero-order valence-corrected chi connectivity index (χ0v) is 22.2. The van der Waals surface area contributed by atoms with E-state index < -0.39 is 13.9 Å². The Labute approximate surface area is 193 Å². The summed E-state index contributed by atoms with van der Waals surface area (Å²) in [7, 11) is -1.78. The number of hydrogen-bond acceptors (Lipinski definition) is 4. The third-order valence-corrected chi connectivity index (χ3v) is 14.0. The second-order valence-corrected chi connectivity index (χ2v) is 19.7. The van der Waals surface area contributed by atoms with Crippen LogP contribution >= 0.6 is 23.5 Å². The van der Waals surface area contributed by atoms with Crippen molar-refractivity contribution < 1.29 is 4.43 Å². The van der Waals surface area contributed by atoms with E-state index in [1.807, 2.05) is 0 Å². The molecule has 166 valence electrons. The summed E-state index contributed by atoms with van der Waals surface area (Å²) in [6, 6.07) is 2.76. The number of nitrogens with zero attached hydrogens (tertiary/aromatic N) is 1. The minimum atomic E-state index is -1.78. The van der Waals surface area contributed by atoms with Crippen molar-refractivity contribution in [3.8, 4) is 6.07 Å². The molecule has 0 N–H and O–H groups in total. The molecule has 1 spiro atoms. The van der Waals surface area contributed by atoms with E-state index in [2.05, 4.69) is 69.2 Å². The van der Waals surface area contributed by atoms with Gasteiger partial charge in [-0.1, -0.05) is 25.5 Å². The Hall–Kier alpha value is 0.107. The molecule has 30 heavy (non-hydrogen) atoms. The van der Waals surface area contributed by atoms with E-state index in [1.54, 1.807) is 5.57 Å². The number of fused-ring (bicyclic) bond motifs is 5. The monoisotopic (exact) mass is 462 g/mol. The van der Waals surface area contributed by atoms with Gasteiger partial charge in [0.1, 0.15) is 5.60 Å². The first-order chi connectivity index (χ1) is 14.1. The van der Waals surface area contributed by atoms with Gasteiger partial charge in [-0.2, -0.15) is 5.26 Å². The lowest BCUT2D eigenvalue weighted by molar-refractivity contribution is -0.0934. The number of hydrogen-bond donors (Lipinski definition) is 0. The largest absolute Gasteiger partial charge is 0.399 e. The van der Waals surface area contributed by atoms with Crippen molar-refractivity contribution in [1.82, 2.24) is 0 Å². The maximum atomic E-state index is 10.4. The Bertz CT molecular complexity index is 794. The molecule has 0 bridgehead atoms. The molecule has 0 unspecified atom stereocenters. The van der Waals surface area contributed by atoms with Gasteiger partial charge >= 0.3 is 0 Å². The van der Waals surface area contributed by atoms with E-state index in [1.165, 1.54) is 56.5 Å². The van der Waals surface area contributed by atoms with Crippen molar-refractivity contribution >= 4 is 31.8 Å². The first kappa shape index (κ1) is 21.9. The molecular weight excluding hydrogens is 423 g/mol. The molecule has 1 saturated heterocycles. The molecule has 5 rings (SSSR count). The van der Waals surface area contributed by atoms with Crippen LogP contribution in [0.25, 0.3) is 0 Å². The molecule has 4 fully saturated rings. The second kappa shape index (κ2) is 7.05. The number of rotatable bonds is 2. The van der Waals surface area contributed by atoms with Crippen LogP contribution in [0.3, 0.4) is 0 Å². The molecule has 5 aliphatic rings. The highest BCUT2D eigenvalue weighted by atomic mass is 32.2. The van der Waals surface area contributed by atoms with Crippen molar-refractivity contribution in [2.24, 2.45) is 28.6 Å². The van der Waals surface area contributed by atoms with Crippen molar-refractivity contribution in [2.75, 3.05) is 11.5 Å². The maximum Gasteiger partial charge on any atom is 0.185 e. The summed E-state index contributed by atoms with van der Waals surface area (Å²) in [4.78, 5) is 0. The standard InChI is InChI=1S/C25H39NOS2Si/c1-22-12-13-25(28-14-15-29-25)16-18(22)6-7-19-20(22)8-10-23(2)21(19)9-11-24(23,17-26)27-30(3,4)5/h16,19-21H,6-15H2,1-5H3/t19-,20+,21+,22+,23+,24+/m1/s1/i17+1. The predicted molar refractivity (Wildman–Crippen MR) is 132 cm³/mol.